The third-order valence-corrected chi connectivity index (χ3v) is 6.95. The molecule has 180 valence electrons. The molecule has 0 radical (unpaired) electrons. The summed E-state index contributed by atoms with van der Waals surface area (Å²) < 4.78 is 6.14. The van der Waals surface area contributed by atoms with Crippen LogP contribution >= 0.6 is 0 Å². The van der Waals surface area contributed by atoms with Gasteiger partial charge in [-0.3, -0.25) is 24.6 Å². The minimum Gasteiger partial charge on any atom is -0.377 e. The molecular weight excluding hydrogens is 434 g/mol. The molecule has 2 aromatic rings. The fraction of sp³-hybridized carbons (Fsp3) is 0.520. The summed E-state index contributed by atoms with van der Waals surface area (Å²) in [5.74, 6) is 0.180. The molecule has 4 atom stereocenters. The van der Waals surface area contributed by atoms with Crippen LogP contribution in [0.25, 0.3) is 10.9 Å². The minimum absolute atomic E-state index is 0.00997. The van der Waals surface area contributed by atoms with Crippen molar-refractivity contribution >= 4 is 34.4 Å². The molecule has 0 spiro atoms. The SMILES string of the molecule is O=C(CCCCCOC1CCCC2NC3NC(=O)CN3C(=O)C21)Nc1ccc2ccccc2n1. The van der Waals surface area contributed by atoms with Gasteiger partial charge in [0, 0.05) is 24.5 Å². The quantitative estimate of drug-likeness (QED) is 0.515. The average molecular weight is 466 g/mol. The molecular formula is C25H31N5O4. The smallest absolute Gasteiger partial charge is 0.242 e. The number of amides is 3. The van der Waals surface area contributed by atoms with E-state index in [-0.39, 0.29) is 48.6 Å². The van der Waals surface area contributed by atoms with Gasteiger partial charge in [-0.1, -0.05) is 24.6 Å². The van der Waals surface area contributed by atoms with Crippen molar-refractivity contribution in [2.75, 3.05) is 18.5 Å². The number of carbonyl (C=O) groups excluding carboxylic acids is 3. The Labute approximate surface area is 198 Å². The molecule has 1 aliphatic carbocycles. The van der Waals surface area contributed by atoms with E-state index in [0.717, 1.165) is 49.4 Å². The Kier molecular flexibility index (Phi) is 6.73. The van der Waals surface area contributed by atoms with Crippen LogP contribution in [0.4, 0.5) is 5.82 Å². The molecule has 3 amide bonds. The van der Waals surface area contributed by atoms with Gasteiger partial charge in [-0.2, -0.15) is 0 Å². The first-order valence-electron chi connectivity index (χ1n) is 12.2. The molecule has 3 aliphatic rings. The highest BCUT2D eigenvalue weighted by Crippen LogP contribution is 2.33. The highest BCUT2D eigenvalue weighted by Gasteiger charge is 2.50. The molecule has 9 heteroatoms. The fourth-order valence-electron chi connectivity index (χ4n) is 5.26. The summed E-state index contributed by atoms with van der Waals surface area (Å²) in [5.41, 5.74) is 0.858. The lowest BCUT2D eigenvalue weighted by Crippen LogP contribution is -2.67. The summed E-state index contributed by atoms with van der Waals surface area (Å²) in [6.07, 6.45) is 5.17. The van der Waals surface area contributed by atoms with Gasteiger partial charge in [-0.25, -0.2) is 4.98 Å². The summed E-state index contributed by atoms with van der Waals surface area (Å²) in [6.45, 7) is 0.679. The molecule has 0 bridgehead atoms. The Bertz CT molecular complexity index is 1080. The number of unbranched alkanes of at least 4 members (excludes halogenated alkanes) is 2. The Hall–Kier alpha value is -3.04. The highest BCUT2D eigenvalue weighted by atomic mass is 16.5. The number of carbonyl (C=O) groups is 3. The Morgan fingerprint density at radius 1 is 1.12 bits per heavy atom. The second-order valence-corrected chi connectivity index (χ2v) is 9.32. The molecule has 4 unspecified atom stereocenters. The van der Waals surface area contributed by atoms with Crippen molar-refractivity contribution in [1.29, 1.82) is 0 Å². The van der Waals surface area contributed by atoms with Crippen LogP contribution in [0.2, 0.25) is 0 Å². The van der Waals surface area contributed by atoms with Crippen molar-refractivity contribution in [2.45, 2.75) is 63.4 Å². The van der Waals surface area contributed by atoms with Crippen LogP contribution in [0.15, 0.2) is 36.4 Å². The molecule has 3 fully saturated rings. The van der Waals surface area contributed by atoms with Crippen LogP contribution in [0.5, 0.6) is 0 Å². The first-order valence-corrected chi connectivity index (χ1v) is 12.2. The number of ether oxygens (including phenoxy) is 1. The predicted octanol–water partition coefficient (Wildman–Crippen LogP) is 2.13. The van der Waals surface area contributed by atoms with Crippen LogP contribution in [0, 0.1) is 5.92 Å². The maximum absolute atomic E-state index is 13.0. The molecule has 1 aromatic carbocycles. The number of para-hydroxylation sites is 1. The zero-order valence-corrected chi connectivity index (χ0v) is 19.2. The van der Waals surface area contributed by atoms with Gasteiger partial charge in [0.15, 0.2) is 6.29 Å². The number of pyridine rings is 1. The Morgan fingerprint density at radius 2 is 2.00 bits per heavy atom. The summed E-state index contributed by atoms with van der Waals surface area (Å²) in [4.78, 5) is 43.0. The Balaban J connectivity index is 1.03. The normalized spacial score (nSPS) is 26.2. The minimum atomic E-state index is -0.379. The zero-order valence-electron chi connectivity index (χ0n) is 19.2. The lowest BCUT2D eigenvalue weighted by Gasteiger charge is -2.45. The molecule has 1 aromatic heterocycles. The van der Waals surface area contributed by atoms with Crippen LogP contribution in [0.3, 0.4) is 0 Å². The van der Waals surface area contributed by atoms with Crippen molar-refractivity contribution in [3.8, 4) is 0 Å². The maximum Gasteiger partial charge on any atom is 0.242 e. The first kappa shape index (κ1) is 22.7. The van der Waals surface area contributed by atoms with Crippen molar-refractivity contribution in [3.05, 3.63) is 36.4 Å². The molecule has 34 heavy (non-hydrogen) atoms. The molecule has 3 N–H and O–H groups in total. The average Bonchev–Trinajstić information content (AvgIpc) is 3.21. The first-order chi connectivity index (χ1) is 16.6. The van der Waals surface area contributed by atoms with E-state index >= 15 is 0 Å². The molecule has 2 aliphatic heterocycles. The summed E-state index contributed by atoms with van der Waals surface area (Å²) in [7, 11) is 0. The molecule has 5 rings (SSSR count). The van der Waals surface area contributed by atoms with E-state index < -0.39 is 0 Å². The van der Waals surface area contributed by atoms with Crippen LogP contribution in [0.1, 0.15) is 44.9 Å². The fourth-order valence-corrected chi connectivity index (χ4v) is 5.26. The molecule has 3 heterocycles. The number of aromatic nitrogens is 1. The van der Waals surface area contributed by atoms with Crippen molar-refractivity contribution in [1.82, 2.24) is 20.5 Å². The second-order valence-electron chi connectivity index (χ2n) is 9.32. The molecule has 2 saturated heterocycles. The van der Waals surface area contributed by atoms with E-state index in [1.165, 1.54) is 0 Å². The highest BCUT2D eigenvalue weighted by molar-refractivity contribution is 5.92. The van der Waals surface area contributed by atoms with Gasteiger partial charge in [0.25, 0.3) is 0 Å². The number of hydrogen-bond acceptors (Lipinski definition) is 6. The standard InChI is InChI=1S/C25H31N5O4/c31-21(28-20-13-12-16-7-3-4-8-17(16)26-20)11-2-1-5-14-34-19-10-6-9-18-23(19)24(33)30-15-22(32)29-25(30)27-18/h3-4,7-8,12-13,18-19,23,25,27H,1-2,5-6,9-11,14-15H2,(H,29,32)(H,26,28,31). The number of anilines is 1. The van der Waals surface area contributed by atoms with E-state index in [1.807, 2.05) is 36.4 Å². The zero-order chi connectivity index (χ0) is 23.5. The van der Waals surface area contributed by atoms with Gasteiger partial charge in [0.1, 0.15) is 12.4 Å². The van der Waals surface area contributed by atoms with Gasteiger partial charge in [-0.05, 0) is 50.3 Å². The molecule has 1 saturated carbocycles. The Morgan fingerprint density at radius 3 is 2.91 bits per heavy atom. The summed E-state index contributed by atoms with van der Waals surface area (Å²) in [6, 6.07) is 11.6. The maximum atomic E-state index is 13.0. The third-order valence-electron chi connectivity index (χ3n) is 6.95. The number of rotatable bonds is 8. The summed E-state index contributed by atoms with van der Waals surface area (Å²) in [5, 5.41) is 10.1. The summed E-state index contributed by atoms with van der Waals surface area (Å²) >= 11 is 0. The predicted molar refractivity (Wildman–Crippen MR) is 126 cm³/mol. The number of nitrogens with zero attached hydrogens (tertiary/aromatic N) is 2. The van der Waals surface area contributed by atoms with E-state index in [1.54, 1.807) is 4.90 Å². The number of hydrogen-bond donors (Lipinski definition) is 3. The third kappa shape index (κ3) is 4.90. The van der Waals surface area contributed by atoms with Gasteiger partial charge >= 0.3 is 0 Å². The number of nitrogens with one attached hydrogen (secondary N) is 3. The van der Waals surface area contributed by atoms with Gasteiger partial charge in [-0.15, -0.1) is 0 Å². The number of benzene rings is 1. The molecule has 9 nitrogen and oxygen atoms in total. The van der Waals surface area contributed by atoms with E-state index in [2.05, 4.69) is 20.9 Å². The van der Waals surface area contributed by atoms with Gasteiger partial charge in [0.05, 0.1) is 17.5 Å². The topological polar surface area (TPSA) is 113 Å². The van der Waals surface area contributed by atoms with Crippen molar-refractivity contribution in [3.63, 3.8) is 0 Å². The van der Waals surface area contributed by atoms with E-state index in [0.29, 0.717) is 18.8 Å². The second kappa shape index (κ2) is 10.1. The lowest BCUT2D eigenvalue weighted by molar-refractivity contribution is -0.154. The van der Waals surface area contributed by atoms with Crippen molar-refractivity contribution < 1.29 is 19.1 Å². The van der Waals surface area contributed by atoms with Gasteiger partial charge in [0.2, 0.25) is 17.7 Å². The van der Waals surface area contributed by atoms with Crippen molar-refractivity contribution in [2.24, 2.45) is 5.92 Å². The monoisotopic (exact) mass is 465 g/mol. The van der Waals surface area contributed by atoms with Crippen LogP contribution in [-0.2, 0) is 19.1 Å². The largest absolute Gasteiger partial charge is 0.377 e. The van der Waals surface area contributed by atoms with Crippen LogP contribution in [-0.4, -0.2) is 59.2 Å². The van der Waals surface area contributed by atoms with Crippen LogP contribution < -0.4 is 16.0 Å². The van der Waals surface area contributed by atoms with E-state index in [9.17, 15) is 14.4 Å². The van der Waals surface area contributed by atoms with E-state index in [4.69, 9.17) is 4.74 Å². The number of fused-ring (bicyclic) bond motifs is 3. The van der Waals surface area contributed by atoms with Gasteiger partial charge < -0.3 is 15.4 Å². The lowest BCUT2D eigenvalue weighted by atomic mass is 9.79.